The molecule has 3 N–H and O–H groups in total. The van der Waals surface area contributed by atoms with Gasteiger partial charge in [-0.3, -0.25) is 4.79 Å². The molecule has 0 saturated carbocycles. The van der Waals surface area contributed by atoms with E-state index in [9.17, 15) is 26.4 Å². The summed E-state index contributed by atoms with van der Waals surface area (Å²) in [6.45, 7) is -1.45. The minimum Gasteiger partial charge on any atom is -0.495 e. The Labute approximate surface area is 119 Å². The quantitative estimate of drug-likeness (QED) is 0.826. The highest BCUT2D eigenvalue weighted by Crippen LogP contribution is 2.24. The van der Waals surface area contributed by atoms with E-state index < -0.39 is 35.1 Å². The lowest BCUT2D eigenvalue weighted by Crippen LogP contribution is -2.34. The smallest absolute Gasteiger partial charge is 0.405 e. The van der Waals surface area contributed by atoms with Gasteiger partial charge in [-0.2, -0.15) is 13.2 Å². The number of nitrogens with one attached hydrogen (secondary N) is 1. The van der Waals surface area contributed by atoms with E-state index in [1.807, 2.05) is 0 Å². The van der Waals surface area contributed by atoms with Crippen LogP contribution in [0.4, 0.5) is 13.2 Å². The molecule has 118 valence electrons. The van der Waals surface area contributed by atoms with Crippen LogP contribution < -0.4 is 15.2 Å². The Bertz CT molecular complexity index is 629. The van der Waals surface area contributed by atoms with Gasteiger partial charge in [-0.05, 0) is 17.7 Å². The Hall–Kier alpha value is -1.81. The van der Waals surface area contributed by atoms with Crippen molar-refractivity contribution in [3.63, 3.8) is 0 Å². The van der Waals surface area contributed by atoms with Crippen LogP contribution in [0.2, 0.25) is 0 Å². The number of halogens is 3. The molecule has 0 aromatic heterocycles. The number of carbonyl (C=O) groups excluding carboxylic acids is 1. The monoisotopic (exact) mass is 326 g/mol. The SMILES string of the molecule is COc1ccc(CC(=O)NCC(F)(F)F)cc1S(N)(=O)=O. The van der Waals surface area contributed by atoms with Crippen LogP contribution in [0.15, 0.2) is 23.1 Å². The molecule has 0 bridgehead atoms. The summed E-state index contributed by atoms with van der Waals surface area (Å²) in [7, 11) is -2.84. The van der Waals surface area contributed by atoms with Crippen molar-refractivity contribution in [2.24, 2.45) is 5.14 Å². The molecule has 1 amide bonds. The van der Waals surface area contributed by atoms with Gasteiger partial charge in [0.15, 0.2) is 0 Å². The van der Waals surface area contributed by atoms with Gasteiger partial charge < -0.3 is 10.1 Å². The first-order chi connectivity index (χ1) is 9.53. The molecule has 10 heteroatoms. The maximum Gasteiger partial charge on any atom is 0.405 e. The molecule has 0 aliphatic rings. The van der Waals surface area contributed by atoms with E-state index >= 15 is 0 Å². The van der Waals surface area contributed by atoms with Crippen molar-refractivity contribution in [2.75, 3.05) is 13.7 Å². The van der Waals surface area contributed by atoms with Crippen molar-refractivity contribution in [1.29, 1.82) is 0 Å². The third-order valence-electron chi connectivity index (χ3n) is 2.39. The average molecular weight is 326 g/mol. The number of carbonyl (C=O) groups is 1. The maximum absolute atomic E-state index is 11.9. The Morgan fingerprint density at radius 1 is 1.38 bits per heavy atom. The molecule has 1 aromatic rings. The predicted octanol–water partition coefficient (Wildman–Crippen LogP) is 0.564. The second-order valence-corrected chi connectivity index (χ2v) is 5.63. The summed E-state index contributed by atoms with van der Waals surface area (Å²) in [5, 5.41) is 6.67. The Balaban J connectivity index is 2.88. The third kappa shape index (κ3) is 5.60. The van der Waals surface area contributed by atoms with Gasteiger partial charge in [-0.15, -0.1) is 0 Å². The van der Waals surface area contributed by atoms with Crippen molar-refractivity contribution in [3.8, 4) is 5.75 Å². The zero-order valence-electron chi connectivity index (χ0n) is 10.9. The minimum atomic E-state index is -4.51. The molecule has 0 atom stereocenters. The van der Waals surface area contributed by atoms with Crippen LogP contribution in [-0.4, -0.2) is 34.2 Å². The molecule has 0 fully saturated rings. The van der Waals surface area contributed by atoms with Crippen LogP contribution >= 0.6 is 0 Å². The van der Waals surface area contributed by atoms with Crippen LogP contribution in [0.1, 0.15) is 5.56 Å². The van der Waals surface area contributed by atoms with Gasteiger partial charge in [0.2, 0.25) is 15.9 Å². The highest BCUT2D eigenvalue weighted by atomic mass is 32.2. The zero-order chi connectivity index (χ0) is 16.3. The van der Waals surface area contributed by atoms with Crippen LogP contribution in [0.5, 0.6) is 5.75 Å². The molecule has 1 rings (SSSR count). The van der Waals surface area contributed by atoms with Gasteiger partial charge in [0.1, 0.15) is 17.2 Å². The summed E-state index contributed by atoms with van der Waals surface area (Å²) in [6.07, 6.45) is -4.93. The molecule has 1 aromatic carbocycles. The number of rotatable bonds is 5. The van der Waals surface area contributed by atoms with E-state index in [4.69, 9.17) is 9.88 Å². The number of ether oxygens (including phenoxy) is 1. The number of alkyl halides is 3. The fraction of sp³-hybridized carbons (Fsp3) is 0.364. The summed E-state index contributed by atoms with van der Waals surface area (Å²) in [6, 6.07) is 3.72. The molecule has 6 nitrogen and oxygen atoms in total. The van der Waals surface area contributed by atoms with Crippen molar-refractivity contribution in [3.05, 3.63) is 23.8 Å². The molecular weight excluding hydrogens is 313 g/mol. The van der Waals surface area contributed by atoms with E-state index in [-0.39, 0.29) is 16.2 Å². The lowest BCUT2D eigenvalue weighted by Gasteiger charge is -2.10. The Morgan fingerprint density at radius 3 is 2.48 bits per heavy atom. The standard InChI is InChI=1S/C11H13F3N2O4S/c1-20-8-3-2-7(4-9(8)21(15,18)19)5-10(17)16-6-11(12,13)14/h2-4H,5-6H2,1H3,(H,16,17)(H2,15,18,19). The minimum absolute atomic E-state index is 0.0167. The number of methoxy groups -OCH3 is 1. The number of primary sulfonamides is 1. The van der Waals surface area contributed by atoms with E-state index in [1.54, 1.807) is 5.32 Å². The summed E-state index contributed by atoms with van der Waals surface area (Å²) >= 11 is 0. The highest BCUT2D eigenvalue weighted by molar-refractivity contribution is 7.89. The Morgan fingerprint density at radius 2 is 2.00 bits per heavy atom. The van der Waals surface area contributed by atoms with E-state index in [0.717, 1.165) is 6.07 Å². The number of sulfonamides is 1. The number of benzene rings is 1. The van der Waals surface area contributed by atoms with Gasteiger partial charge in [-0.1, -0.05) is 6.07 Å². The summed E-state index contributed by atoms with van der Waals surface area (Å²) in [5.74, 6) is -0.908. The normalized spacial score (nSPS) is 12.0. The van der Waals surface area contributed by atoms with Gasteiger partial charge in [-0.25, -0.2) is 13.6 Å². The second kappa shape index (κ2) is 6.31. The van der Waals surface area contributed by atoms with Crippen LogP contribution in [0.25, 0.3) is 0 Å². The van der Waals surface area contributed by atoms with Gasteiger partial charge in [0.25, 0.3) is 0 Å². The van der Waals surface area contributed by atoms with Crippen molar-refractivity contribution < 1.29 is 31.1 Å². The van der Waals surface area contributed by atoms with E-state index in [0.29, 0.717) is 0 Å². The molecule has 0 unspecified atom stereocenters. The fourth-order valence-corrected chi connectivity index (χ4v) is 2.25. The first-order valence-electron chi connectivity index (χ1n) is 5.56. The van der Waals surface area contributed by atoms with Crippen LogP contribution in [0, 0.1) is 0 Å². The van der Waals surface area contributed by atoms with Crippen LogP contribution in [-0.2, 0) is 21.2 Å². The lowest BCUT2D eigenvalue weighted by atomic mass is 10.1. The molecule has 0 radical (unpaired) electrons. The first-order valence-corrected chi connectivity index (χ1v) is 7.11. The summed E-state index contributed by atoms with van der Waals surface area (Å²) in [4.78, 5) is 11.0. The second-order valence-electron chi connectivity index (χ2n) is 4.10. The summed E-state index contributed by atoms with van der Waals surface area (Å²) in [5.41, 5.74) is 0.194. The fourth-order valence-electron chi connectivity index (χ4n) is 1.50. The number of nitrogens with two attached hydrogens (primary N) is 1. The van der Waals surface area contributed by atoms with Crippen molar-refractivity contribution in [1.82, 2.24) is 5.32 Å². The topological polar surface area (TPSA) is 98.5 Å². The van der Waals surface area contributed by atoms with Crippen LogP contribution in [0.3, 0.4) is 0 Å². The predicted molar refractivity (Wildman–Crippen MR) is 67.1 cm³/mol. The van der Waals surface area contributed by atoms with Gasteiger partial charge in [0, 0.05) is 0 Å². The molecule has 21 heavy (non-hydrogen) atoms. The van der Waals surface area contributed by atoms with Crippen molar-refractivity contribution >= 4 is 15.9 Å². The zero-order valence-corrected chi connectivity index (χ0v) is 11.7. The molecule has 0 aliphatic heterocycles. The van der Waals surface area contributed by atoms with Gasteiger partial charge >= 0.3 is 6.18 Å². The average Bonchev–Trinajstić information content (AvgIpc) is 2.34. The highest BCUT2D eigenvalue weighted by Gasteiger charge is 2.27. The van der Waals surface area contributed by atoms with E-state index in [1.165, 1.54) is 19.2 Å². The molecular formula is C11H13F3N2O4S. The molecule has 0 spiro atoms. The molecule has 0 saturated heterocycles. The number of hydrogen-bond donors (Lipinski definition) is 2. The first kappa shape index (κ1) is 17.2. The van der Waals surface area contributed by atoms with Crippen molar-refractivity contribution in [2.45, 2.75) is 17.5 Å². The van der Waals surface area contributed by atoms with E-state index in [2.05, 4.69) is 0 Å². The lowest BCUT2D eigenvalue weighted by molar-refractivity contribution is -0.138. The largest absolute Gasteiger partial charge is 0.495 e. The Kier molecular flexibility index (Phi) is 5.18. The number of hydrogen-bond acceptors (Lipinski definition) is 4. The van der Waals surface area contributed by atoms with Gasteiger partial charge in [0.05, 0.1) is 13.5 Å². The molecule has 0 aliphatic carbocycles. The number of amides is 1. The maximum atomic E-state index is 11.9. The summed E-state index contributed by atoms with van der Waals surface area (Å²) < 4.78 is 63.4. The molecule has 0 heterocycles. The third-order valence-corrected chi connectivity index (χ3v) is 3.32.